The smallest absolute Gasteiger partial charge is 0.303 e. The lowest BCUT2D eigenvalue weighted by atomic mass is 9.90. The maximum Gasteiger partial charge on any atom is 0.303 e. The number of allylic oxidation sites excluding steroid dienone is 6. The van der Waals surface area contributed by atoms with E-state index in [1.54, 1.807) is 6.08 Å². The van der Waals surface area contributed by atoms with Crippen LogP contribution in [-0.2, 0) is 9.59 Å². The van der Waals surface area contributed by atoms with Crippen molar-refractivity contribution < 1.29 is 24.9 Å². The minimum absolute atomic E-state index is 0.0297. The second-order valence-corrected chi connectivity index (χ2v) is 6.84. The Kier molecular flexibility index (Phi) is 11.3. The van der Waals surface area contributed by atoms with Crippen LogP contribution in [0.3, 0.4) is 0 Å². The number of carbonyl (C=O) groups excluding carboxylic acids is 1. The third-order valence-corrected chi connectivity index (χ3v) is 4.61. The Balaban J connectivity index is 2.48. The van der Waals surface area contributed by atoms with Gasteiger partial charge in [0.05, 0.1) is 12.2 Å². The van der Waals surface area contributed by atoms with E-state index in [2.05, 4.69) is 31.2 Å². The average Bonchev–Trinajstić information content (AvgIpc) is 2.89. The van der Waals surface area contributed by atoms with Crippen molar-refractivity contribution in [3.63, 3.8) is 0 Å². The van der Waals surface area contributed by atoms with Gasteiger partial charge in [0, 0.05) is 24.7 Å². The van der Waals surface area contributed by atoms with Gasteiger partial charge < -0.3 is 15.3 Å². The zero-order valence-corrected chi connectivity index (χ0v) is 16.0. The van der Waals surface area contributed by atoms with Crippen molar-refractivity contribution in [2.75, 3.05) is 0 Å². The van der Waals surface area contributed by atoms with Crippen molar-refractivity contribution in [2.24, 2.45) is 11.8 Å². The fourth-order valence-corrected chi connectivity index (χ4v) is 3.10. The molecule has 0 radical (unpaired) electrons. The van der Waals surface area contributed by atoms with Gasteiger partial charge in [0.25, 0.3) is 0 Å². The molecule has 3 N–H and O–H groups in total. The molecule has 0 heterocycles. The lowest BCUT2D eigenvalue weighted by molar-refractivity contribution is -0.137. The number of aliphatic hydroxyl groups is 2. The van der Waals surface area contributed by atoms with Crippen LogP contribution >= 0.6 is 0 Å². The number of hydrogen-bond donors (Lipinski definition) is 3. The number of carboxylic acids is 1. The first kappa shape index (κ1) is 23.1. The fraction of sp³-hybridized carbons (Fsp3) is 0.545. The zero-order chi connectivity index (χ0) is 20.1. The molecule has 0 spiro atoms. The summed E-state index contributed by atoms with van der Waals surface area (Å²) < 4.78 is 0. The molecular weight excluding hydrogens is 344 g/mol. The van der Waals surface area contributed by atoms with Crippen molar-refractivity contribution in [3.8, 4) is 0 Å². The van der Waals surface area contributed by atoms with Crippen LogP contribution in [0.5, 0.6) is 0 Å². The molecule has 27 heavy (non-hydrogen) atoms. The Morgan fingerprint density at radius 1 is 1.15 bits per heavy atom. The number of rotatable bonds is 12. The minimum Gasteiger partial charge on any atom is -0.481 e. The highest BCUT2D eigenvalue weighted by Gasteiger charge is 2.39. The molecule has 1 saturated carbocycles. The van der Waals surface area contributed by atoms with E-state index in [1.807, 2.05) is 12.2 Å². The quantitative estimate of drug-likeness (QED) is 0.453. The molecule has 0 aromatic carbocycles. The van der Waals surface area contributed by atoms with E-state index in [0.717, 1.165) is 19.3 Å². The van der Waals surface area contributed by atoms with Crippen molar-refractivity contribution >= 4 is 11.8 Å². The molecule has 0 amide bonds. The Bertz CT molecular complexity index is 573. The Labute approximate surface area is 161 Å². The molecule has 4 unspecified atom stereocenters. The van der Waals surface area contributed by atoms with Gasteiger partial charge in [-0.05, 0) is 32.1 Å². The Hall–Kier alpha value is -1.98. The third kappa shape index (κ3) is 9.50. The fourth-order valence-electron chi connectivity index (χ4n) is 3.10. The van der Waals surface area contributed by atoms with Crippen molar-refractivity contribution in [1.82, 2.24) is 0 Å². The monoisotopic (exact) mass is 376 g/mol. The molecule has 5 heteroatoms. The van der Waals surface area contributed by atoms with E-state index in [4.69, 9.17) is 5.11 Å². The lowest BCUT2D eigenvalue weighted by Crippen LogP contribution is -2.19. The number of carbonyl (C=O) groups is 2. The second-order valence-electron chi connectivity index (χ2n) is 6.84. The number of ketones is 1. The van der Waals surface area contributed by atoms with E-state index in [9.17, 15) is 19.8 Å². The summed E-state index contributed by atoms with van der Waals surface area (Å²) in [4.78, 5) is 22.7. The molecule has 1 aliphatic carbocycles. The van der Waals surface area contributed by atoms with E-state index in [0.29, 0.717) is 6.42 Å². The van der Waals surface area contributed by atoms with Crippen LogP contribution in [0, 0.1) is 11.8 Å². The summed E-state index contributed by atoms with van der Waals surface area (Å²) in [5, 5.41) is 28.6. The molecule has 0 aliphatic heterocycles. The Morgan fingerprint density at radius 3 is 2.41 bits per heavy atom. The summed E-state index contributed by atoms with van der Waals surface area (Å²) >= 11 is 0. The number of hydrogen-bond acceptors (Lipinski definition) is 4. The molecular formula is C22H32O5. The number of Topliss-reactive ketones (excluding diaryl/α,β-unsaturated/α-hetero) is 1. The van der Waals surface area contributed by atoms with Gasteiger partial charge in [0.15, 0.2) is 0 Å². The minimum atomic E-state index is -0.961. The molecule has 0 saturated heterocycles. The van der Waals surface area contributed by atoms with Gasteiger partial charge >= 0.3 is 5.97 Å². The summed E-state index contributed by atoms with van der Waals surface area (Å²) in [6.45, 7) is 2.10. The van der Waals surface area contributed by atoms with Gasteiger partial charge in [0.2, 0.25) is 0 Å². The summed E-state index contributed by atoms with van der Waals surface area (Å²) in [5.74, 6) is -1.56. The maximum absolute atomic E-state index is 12.1. The SMILES string of the molecule is CC/C=C\C/C=C\C/C=C\CC1C(=O)CC(O)C1/C=C/C(O)CCC(=O)O. The molecule has 5 nitrogen and oxygen atoms in total. The number of aliphatic hydroxyl groups excluding tert-OH is 2. The molecule has 0 aromatic heterocycles. The van der Waals surface area contributed by atoms with Crippen LogP contribution in [0.4, 0.5) is 0 Å². The van der Waals surface area contributed by atoms with Crippen molar-refractivity contribution in [3.05, 3.63) is 48.6 Å². The van der Waals surface area contributed by atoms with Gasteiger partial charge in [-0.25, -0.2) is 0 Å². The van der Waals surface area contributed by atoms with Crippen LogP contribution in [0.2, 0.25) is 0 Å². The van der Waals surface area contributed by atoms with Crippen LogP contribution in [0.15, 0.2) is 48.6 Å². The summed E-state index contributed by atoms with van der Waals surface area (Å²) in [6.07, 6.45) is 17.4. The predicted octanol–water partition coefficient (Wildman–Crippen LogP) is 3.58. The van der Waals surface area contributed by atoms with Gasteiger partial charge in [-0.15, -0.1) is 0 Å². The van der Waals surface area contributed by atoms with E-state index in [1.165, 1.54) is 6.08 Å². The normalized spacial score (nSPS) is 24.9. The molecule has 1 aliphatic rings. The largest absolute Gasteiger partial charge is 0.481 e. The Morgan fingerprint density at radius 2 is 1.78 bits per heavy atom. The second kappa shape index (κ2) is 13.2. The predicted molar refractivity (Wildman–Crippen MR) is 106 cm³/mol. The third-order valence-electron chi connectivity index (χ3n) is 4.61. The van der Waals surface area contributed by atoms with E-state index in [-0.39, 0.29) is 36.9 Å². The maximum atomic E-state index is 12.1. The summed E-state index contributed by atoms with van der Waals surface area (Å²) in [7, 11) is 0. The topological polar surface area (TPSA) is 94.8 Å². The first-order chi connectivity index (χ1) is 13.0. The summed E-state index contributed by atoms with van der Waals surface area (Å²) in [6, 6.07) is 0. The summed E-state index contributed by atoms with van der Waals surface area (Å²) in [5.41, 5.74) is 0. The van der Waals surface area contributed by atoms with Crippen LogP contribution in [0.1, 0.15) is 51.9 Å². The van der Waals surface area contributed by atoms with Crippen LogP contribution in [0.25, 0.3) is 0 Å². The molecule has 4 atom stereocenters. The standard InChI is InChI=1S/C22H32O5/c1-2-3-4-5-6-7-8-9-10-11-18-19(21(25)16-20(18)24)14-12-17(23)13-15-22(26)27/h3-4,6-7,9-10,12,14,17-19,21,23,25H,2,5,8,11,13,15-16H2,1H3,(H,26,27)/b4-3-,7-6-,10-9-,14-12+. The van der Waals surface area contributed by atoms with Gasteiger partial charge in [-0.1, -0.05) is 55.5 Å². The number of carboxylic acid groups (broad SMARTS) is 1. The lowest BCUT2D eigenvalue weighted by Gasteiger charge is -2.16. The van der Waals surface area contributed by atoms with E-state index >= 15 is 0 Å². The highest BCUT2D eigenvalue weighted by molar-refractivity contribution is 5.84. The molecule has 1 fully saturated rings. The van der Waals surface area contributed by atoms with Crippen molar-refractivity contribution in [1.29, 1.82) is 0 Å². The molecule has 1 rings (SSSR count). The zero-order valence-electron chi connectivity index (χ0n) is 16.0. The van der Waals surface area contributed by atoms with Crippen molar-refractivity contribution in [2.45, 2.75) is 64.1 Å². The van der Waals surface area contributed by atoms with Gasteiger partial charge in [0.1, 0.15) is 5.78 Å². The number of aliphatic carboxylic acids is 1. The average molecular weight is 376 g/mol. The van der Waals surface area contributed by atoms with Crippen LogP contribution in [-0.4, -0.2) is 39.3 Å². The van der Waals surface area contributed by atoms with Crippen LogP contribution < -0.4 is 0 Å². The van der Waals surface area contributed by atoms with Gasteiger partial charge in [-0.3, -0.25) is 9.59 Å². The van der Waals surface area contributed by atoms with E-state index < -0.39 is 18.2 Å². The first-order valence-corrected chi connectivity index (χ1v) is 9.69. The molecule has 150 valence electrons. The first-order valence-electron chi connectivity index (χ1n) is 9.69. The van der Waals surface area contributed by atoms with Gasteiger partial charge in [-0.2, -0.15) is 0 Å². The molecule has 0 bridgehead atoms. The highest BCUT2D eigenvalue weighted by Crippen LogP contribution is 2.33. The highest BCUT2D eigenvalue weighted by atomic mass is 16.4. The molecule has 0 aromatic rings.